The van der Waals surface area contributed by atoms with Crippen molar-refractivity contribution in [1.29, 1.82) is 0 Å². The first kappa shape index (κ1) is 20.6. The monoisotopic (exact) mass is 452 g/mol. The van der Waals surface area contributed by atoms with Gasteiger partial charge in [0, 0.05) is 10.7 Å². The summed E-state index contributed by atoms with van der Waals surface area (Å²) in [6.07, 6.45) is 0. The lowest BCUT2D eigenvalue weighted by Gasteiger charge is -2.04. The van der Waals surface area contributed by atoms with Crippen molar-refractivity contribution in [2.45, 2.75) is 11.3 Å². The smallest absolute Gasteiger partial charge is 0.259 e. The molecule has 0 spiro atoms. The number of carbonyl (C=O) groups excluding carboxylic acids is 2. The van der Waals surface area contributed by atoms with E-state index in [4.69, 9.17) is 23.2 Å². The highest BCUT2D eigenvalue weighted by Gasteiger charge is 2.14. The van der Waals surface area contributed by atoms with Gasteiger partial charge in [-0.2, -0.15) is 0 Å². The lowest BCUT2D eigenvalue weighted by molar-refractivity contribution is -0.113. The average Bonchev–Trinajstić information content (AvgIpc) is 3.09. The van der Waals surface area contributed by atoms with E-state index >= 15 is 0 Å². The van der Waals surface area contributed by atoms with Crippen LogP contribution in [0, 0.1) is 6.92 Å². The largest absolute Gasteiger partial charge is 0.325 e. The fourth-order valence-corrected chi connectivity index (χ4v) is 4.16. The van der Waals surface area contributed by atoms with Gasteiger partial charge in [-0.3, -0.25) is 14.9 Å². The Hall–Kier alpha value is -2.13. The Morgan fingerprint density at radius 1 is 1.07 bits per heavy atom. The number of benzene rings is 2. The van der Waals surface area contributed by atoms with Gasteiger partial charge < -0.3 is 5.32 Å². The predicted molar refractivity (Wildman–Crippen MR) is 115 cm³/mol. The molecule has 0 fully saturated rings. The van der Waals surface area contributed by atoms with Gasteiger partial charge in [0.2, 0.25) is 11.0 Å². The van der Waals surface area contributed by atoms with E-state index in [1.807, 2.05) is 31.2 Å². The van der Waals surface area contributed by atoms with Crippen LogP contribution >= 0.6 is 46.3 Å². The normalized spacial score (nSPS) is 10.5. The summed E-state index contributed by atoms with van der Waals surface area (Å²) in [4.78, 5) is 24.3. The summed E-state index contributed by atoms with van der Waals surface area (Å²) in [5.74, 6) is -0.381. The molecule has 0 atom stereocenters. The van der Waals surface area contributed by atoms with Crippen LogP contribution in [0.5, 0.6) is 0 Å². The lowest BCUT2D eigenvalue weighted by Crippen LogP contribution is -2.13. The van der Waals surface area contributed by atoms with E-state index in [0.717, 1.165) is 11.3 Å². The van der Waals surface area contributed by atoms with Crippen LogP contribution in [0.25, 0.3) is 0 Å². The molecule has 0 aliphatic rings. The van der Waals surface area contributed by atoms with Crippen molar-refractivity contribution in [2.24, 2.45) is 0 Å². The molecule has 0 saturated carbocycles. The van der Waals surface area contributed by atoms with E-state index in [1.165, 1.54) is 35.2 Å². The number of hydrogen-bond acceptors (Lipinski definition) is 6. The van der Waals surface area contributed by atoms with Gasteiger partial charge in [0.25, 0.3) is 5.91 Å². The van der Waals surface area contributed by atoms with Gasteiger partial charge >= 0.3 is 0 Å². The fourth-order valence-electron chi connectivity index (χ4n) is 2.12. The Balaban J connectivity index is 1.53. The van der Waals surface area contributed by atoms with Crippen LogP contribution in [0.3, 0.4) is 0 Å². The number of halogens is 2. The third-order valence-corrected chi connectivity index (χ3v) is 5.98. The maximum atomic E-state index is 12.3. The van der Waals surface area contributed by atoms with Crippen LogP contribution in [0.15, 0.2) is 46.8 Å². The number of rotatable bonds is 6. The fraction of sp³-hybridized carbons (Fsp3) is 0.111. The number of thioether (sulfide) groups is 1. The quantitative estimate of drug-likeness (QED) is 0.399. The number of carbonyl (C=O) groups is 2. The van der Waals surface area contributed by atoms with Gasteiger partial charge in [0.05, 0.1) is 16.3 Å². The molecule has 6 nitrogen and oxygen atoms in total. The van der Waals surface area contributed by atoms with Crippen LogP contribution in [-0.4, -0.2) is 27.8 Å². The van der Waals surface area contributed by atoms with Gasteiger partial charge in [0.1, 0.15) is 0 Å². The zero-order chi connectivity index (χ0) is 20.1. The van der Waals surface area contributed by atoms with Crippen LogP contribution in [0.4, 0.5) is 10.8 Å². The Kier molecular flexibility index (Phi) is 6.90. The minimum Gasteiger partial charge on any atom is -0.325 e. The van der Waals surface area contributed by atoms with E-state index in [-0.39, 0.29) is 22.2 Å². The summed E-state index contributed by atoms with van der Waals surface area (Å²) in [7, 11) is 0. The van der Waals surface area contributed by atoms with Crippen molar-refractivity contribution in [1.82, 2.24) is 10.2 Å². The van der Waals surface area contributed by atoms with Gasteiger partial charge in [-0.25, -0.2) is 0 Å². The predicted octanol–water partition coefficient (Wildman–Crippen LogP) is 5.14. The van der Waals surface area contributed by atoms with E-state index in [0.29, 0.717) is 14.5 Å². The standard InChI is InChI=1S/C18H14Cl2N4O2S2/c1-10-2-5-12(6-3-10)21-15(25)9-27-18-24-23-17(28-18)22-16(26)13-7-4-11(19)8-14(13)20/h2-8H,9H2,1H3,(H,21,25)(H,22,23,26). The van der Waals surface area contributed by atoms with Crippen LogP contribution in [0.1, 0.15) is 15.9 Å². The summed E-state index contributed by atoms with van der Waals surface area (Å²) < 4.78 is 0.566. The maximum Gasteiger partial charge on any atom is 0.259 e. The number of amides is 2. The van der Waals surface area contributed by atoms with Gasteiger partial charge in [-0.05, 0) is 37.3 Å². The first-order chi connectivity index (χ1) is 13.4. The van der Waals surface area contributed by atoms with Crippen LogP contribution in [-0.2, 0) is 4.79 Å². The molecule has 0 saturated heterocycles. The van der Waals surface area contributed by atoms with Crippen molar-refractivity contribution < 1.29 is 9.59 Å². The molecule has 2 N–H and O–H groups in total. The number of nitrogens with one attached hydrogen (secondary N) is 2. The molecule has 10 heteroatoms. The molecule has 144 valence electrons. The summed E-state index contributed by atoms with van der Waals surface area (Å²) in [5, 5.41) is 14.3. The van der Waals surface area contributed by atoms with Crippen LogP contribution < -0.4 is 10.6 Å². The number of hydrogen-bond donors (Lipinski definition) is 2. The van der Waals surface area contributed by atoms with E-state index in [1.54, 1.807) is 6.07 Å². The molecule has 2 aromatic carbocycles. The molecule has 0 radical (unpaired) electrons. The van der Waals surface area contributed by atoms with E-state index in [2.05, 4.69) is 20.8 Å². The summed E-state index contributed by atoms with van der Waals surface area (Å²) in [6, 6.07) is 12.1. The van der Waals surface area contributed by atoms with Crippen molar-refractivity contribution in [3.05, 3.63) is 63.6 Å². The Morgan fingerprint density at radius 3 is 2.54 bits per heavy atom. The molecule has 0 unspecified atom stereocenters. The number of nitrogens with zero attached hydrogens (tertiary/aromatic N) is 2. The molecule has 2 amide bonds. The van der Waals surface area contributed by atoms with Crippen molar-refractivity contribution in [2.75, 3.05) is 16.4 Å². The molecule has 3 rings (SSSR count). The van der Waals surface area contributed by atoms with E-state index < -0.39 is 5.91 Å². The second-order valence-corrected chi connectivity index (χ2v) is 8.70. The van der Waals surface area contributed by atoms with Crippen molar-refractivity contribution in [3.63, 3.8) is 0 Å². The second kappa shape index (κ2) is 9.38. The molecular weight excluding hydrogens is 439 g/mol. The van der Waals surface area contributed by atoms with Gasteiger partial charge in [-0.15, -0.1) is 10.2 Å². The molecule has 28 heavy (non-hydrogen) atoms. The molecule has 0 bridgehead atoms. The topological polar surface area (TPSA) is 84.0 Å². The van der Waals surface area contributed by atoms with Crippen molar-refractivity contribution >= 4 is 68.9 Å². The Morgan fingerprint density at radius 2 is 1.82 bits per heavy atom. The summed E-state index contributed by atoms with van der Waals surface area (Å²) in [6.45, 7) is 1.98. The zero-order valence-corrected chi connectivity index (χ0v) is 17.7. The highest BCUT2D eigenvalue weighted by atomic mass is 35.5. The molecule has 1 heterocycles. The van der Waals surface area contributed by atoms with Crippen molar-refractivity contribution in [3.8, 4) is 0 Å². The molecule has 0 aliphatic heterocycles. The van der Waals surface area contributed by atoms with Gasteiger partial charge in [-0.1, -0.05) is 64.0 Å². The second-order valence-electron chi connectivity index (χ2n) is 5.65. The lowest BCUT2D eigenvalue weighted by atomic mass is 10.2. The number of aryl methyl sites for hydroxylation is 1. The third-order valence-electron chi connectivity index (χ3n) is 3.46. The number of anilines is 2. The first-order valence-corrected chi connectivity index (χ1v) is 10.6. The Labute approximate surface area is 179 Å². The Bertz CT molecular complexity index is 1010. The third kappa shape index (κ3) is 5.68. The SMILES string of the molecule is Cc1ccc(NC(=O)CSc2nnc(NC(=O)c3ccc(Cl)cc3Cl)s2)cc1. The minimum atomic E-state index is -0.411. The summed E-state index contributed by atoms with van der Waals surface area (Å²) in [5.41, 5.74) is 2.14. The molecule has 0 aliphatic carbocycles. The van der Waals surface area contributed by atoms with Gasteiger partial charge in [0.15, 0.2) is 4.34 Å². The maximum absolute atomic E-state index is 12.3. The molecule has 3 aromatic rings. The highest BCUT2D eigenvalue weighted by Crippen LogP contribution is 2.27. The molecular formula is C18H14Cl2N4O2S2. The summed E-state index contributed by atoms with van der Waals surface area (Å²) >= 11 is 14.3. The first-order valence-electron chi connectivity index (χ1n) is 8.00. The number of aromatic nitrogens is 2. The molecule has 1 aromatic heterocycles. The minimum absolute atomic E-state index is 0.150. The highest BCUT2D eigenvalue weighted by molar-refractivity contribution is 8.01. The zero-order valence-electron chi connectivity index (χ0n) is 14.5. The van der Waals surface area contributed by atoms with Crippen LogP contribution in [0.2, 0.25) is 10.0 Å². The van der Waals surface area contributed by atoms with E-state index in [9.17, 15) is 9.59 Å². The average molecular weight is 453 g/mol.